The molecule has 2 rings (SSSR count). The molecule has 1 saturated heterocycles. The molecule has 122 valence electrons. The van der Waals surface area contributed by atoms with Gasteiger partial charge < -0.3 is 10.6 Å². The summed E-state index contributed by atoms with van der Waals surface area (Å²) in [5, 5.41) is 5.96. The van der Waals surface area contributed by atoms with Crippen LogP contribution in [0.15, 0.2) is 24.3 Å². The quantitative estimate of drug-likeness (QED) is 0.899. The van der Waals surface area contributed by atoms with Crippen LogP contribution in [-0.2, 0) is 6.18 Å². The molecule has 1 aromatic rings. The van der Waals surface area contributed by atoms with Crippen molar-refractivity contribution in [3.8, 4) is 0 Å². The van der Waals surface area contributed by atoms with E-state index >= 15 is 0 Å². The molecule has 1 amide bonds. The van der Waals surface area contributed by atoms with Gasteiger partial charge in [0.25, 0.3) is 5.91 Å². The van der Waals surface area contributed by atoms with E-state index in [0.29, 0.717) is 6.54 Å². The van der Waals surface area contributed by atoms with Crippen LogP contribution in [-0.4, -0.2) is 25.0 Å². The predicted molar refractivity (Wildman–Crippen MR) is 78.6 cm³/mol. The number of hydrogen-bond donors (Lipinski definition) is 2. The van der Waals surface area contributed by atoms with Gasteiger partial charge in [0.1, 0.15) is 0 Å². The van der Waals surface area contributed by atoms with E-state index in [4.69, 9.17) is 0 Å². The third kappa shape index (κ3) is 3.80. The minimum atomic E-state index is -4.53. The molecular formula is C16H21F3N2O. The first-order valence-corrected chi connectivity index (χ1v) is 7.39. The van der Waals surface area contributed by atoms with Crippen LogP contribution in [0, 0.1) is 5.41 Å². The van der Waals surface area contributed by atoms with Gasteiger partial charge >= 0.3 is 6.18 Å². The summed E-state index contributed by atoms with van der Waals surface area (Å²) in [6.07, 6.45) is -2.44. The van der Waals surface area contributed by atoms with Crippen LogP contribution in [0.25, 0.3) is 0 Å². The van der Waals surface area contributed by atoms with Crippen molar-refractivity contribution in [2.24, 2.45) is 5.41 Å². The van der Waals surface area contributed by atoms with Gasteiger partial charge in [-0.15, -0.1) is 0 Å². The highest BCUT2D eigenvalue weighted by molar-refractivity contribution is 5.95. The molecule has 1 atom stereocenters. The van der Waals surface area contributed by atoms with Crippen molar-refractivity contribution in [3.05, 3.63) is 35.4 Å². The Morgan fingerprint density at radius 3 is 2.68 bits per heavy atom. The van der Waals surface area contributed by atoms with Crippen molar-refractivity contribution in [2.45, 2.75) is 38.9 Å². The monoisotopic (exact) mass is 314 g/mol. The van der Waals surface area contributed by atoms with Gasteiger partial charge in [0.2, 0.25) is 0 Å². The predicted octanol–water partition coefficient (Wildman–Crippen LogP) is 3.21. The first-order valence-electron chi connectivity index (χ1n) is 7.39. The number of nitrogens with one attached hydrogen (secondary N) is 2. The molecule has 1 heterocycles. The second kappa shape index (κ2) is 6.28. The summed E-state index contributed by atoms with van der Waals surface area (Å²) in [6, 6.07) is 4.91. The zero-order valence-electron chi connectivity index (χ0n) is 12.8. The fourth-order valence-corrected chi connectivity index (χ4v) is 2.84. The molecule has 0 aliphatic carbocycles. The van der Waals surface area contributed by atoms with E-state index in [-0.39, 0.29) is 17.0 Å². The Hall–Kier alpha value is -1.56. The van der Waals surface area contributed by atoms with Crippen LogP contribution in [0.2, 0.25) is 0 Å². The summed E-state index contributed by atoms with van der Waals surface area (Å²) in [5.74, 6) is -0.684. The Kier molecular flexibility index (Phi) is 4.80. The third-order valence-corrected chi connectivity index (χ3v) is 4.28. The maximum atomic E-state index is 12.9. The van der Waals surface area contributed by atoms with Gasteiger partial charge in [-0.25, -0.2) is 0 Å². The fraction of sp³-hybridized carbons (Fsp3) is 0.562. The molecule has 1 fully saturated rings. The standard InChI is InChI=1S/C16H21F3N2O/c1-15(2)8-5-9-20-13(15)10-21-14(22)11-6-3-4-7-12(11)16(17,18)19/h3-4,6-7,13,20H,5,8-10H2,1-2H3,(H,21,22). The second-order valence-corrected chi connectivity index (χ2v) is 6.35. The number of halogens is 3. The Morgan fingerprint density at radius 2 is 2.05 bits per heavy atom. The van der Waals surface area contributed by atoms with E-state index < -0.39 is 17.6 Å². The normalized spacial score (nSPS) is 21.4. The molecule has 2 N–H and O–H groups in total. The molecular weight excluding hydrogens is 293 g/mol. The largest absolute Gasteiger partial charge is 0.417 e. The highest BCUT2D eigenvalue weighted by Crippen LogP contribution is 2.32. The number of hydrogen-bond acceptors (Lipinski definition) is 2. The number of alkyl halides is 3. The van der Waals surface area contributed by atoms with Crippen LogP contribution in [0.3, 0.4) is 0 Å². The Labute approximate surface area is 128 Å². The zero-order chi connectivity index (χ0) is 16.4. The zero-order valence-corrected chi connectivity index (χ0v) is 12.8. The summed E-state index contributed by atoms with van der Waals surface area (Å²) >= 11 is 0. The second-order valence-electron chi connectivity index (χ2n) is 6.35. The minimum absolute atomic E-state index is 0.00900. The summed E-state index contributed by atoms with van der Waals surface area (Å²) in [4.78, 5) is 12.1. The molecule has 1 aliphatic rings. The van der Waals surface area contributed by atoms with Crippen LogP contribution >= 0.6 is 0 Å². The molecule has 0 spiro atoms. The lowest BCUT2D eigenvalue weighted by Crippen LogP contribution is -2.52. The molecule has 1 aliphatic heterocycles. The van der Waals surface area contributed by atoms with Gasteiger partial charge in [-0.05, 0) is 36.9 Å². The molecule has 3 nitrogen and oxygen atoms in total. The van der Waals surface area contributed by atoms with Gasteiger partial charge in [-0.1, -0.05) is 26.0 Å². The number of rotatable bonds is 3. The number of carbonyl (C=O) groups is 1. The van der Waals surface area contributed by atoms with Gasteiger partial charge in [0, 0.05) is 12.6 Å². The smallest absolute Gasteiger partial charge is 0.350 e. The van der Waals surface area contributed by atoms with Crippen LogP contribution in [0.1, 0.15) is 42.6 Å². The van der Waals surface area contributed by atoms with E-state index in [9.17, 15) is 18.0 Å². The average Bonchev–Trinajstić information content (AvgIpc) is 2.44. The maximum absolute atomic E-state index is 12.9. The van der Waals surface area contributed by atoms with Gasteiger partial charge in [-0.3, -0.25) is 4.79 Å². The molecule has 0 bridgehead atoms. The average molecular weight is 314 g/mol. The number of benzene rings is 1. The number of piperidine rings is 1. The highest BCUT2D eigenvalue weighted by Gasteiger charge is 2.36. The lowest BCUT2D eigenvalue weighted by Gasteiger charge is -2.39. The summed E-state index contributed by atoms with van der Waals surface area (Å²) in [5.41, 5.74) is -1.22. The van der Waals surface area contributed by atoms with Crippen molar-refractivity contribution in [3.63, 3.8) is 0 Å². The number of amides is 1. The number of carbonyl (C=O) groups excluding carboxylic acids is 1. The van der Waals surface area contributed by atoms with Crippen molar-refractivity contribution < 1.29 is 18.0 Å². The maximum Gasteiger partial charge on any atom is 0.417 e. The van der Waals surface area contributed by atoms with Crippen molar-refractivity contribution in [1.29, 1.82) is 0 Å². The van der Waals surface area contributed by atoms with Crippen molar-refractivity contribution >= 4 is 5.91 Å². The molecule has 22 heavy (non-hydrogen) atoms. The van der Waals surface area contributed by atoms with Crippen LogP contribution in [0.4, 0.5) is 13.2 Å². The molecule has 0 saturated carbocycles. The summed E-state index contributed by atoms with van der Waals surface area (Å²) < 4.78 is 38.8. The van der Waals surface area contributed by atoms with Gasteiger partial charge in [0.15, 0.2) is 0 Å². The molecule has 0 radical (unpaired) electrons. The van der Waals surface area contributed by atoms with E-state index in [2.05, 4.69) is 24.5 Å². The Balaban J connectivity index is 2.07. The lowest BCUT2D eigenvalue weighted by molar-refractivity contribution is -0.137. The fourth-order valence-electron chi connectivity index (χ4n) is 2.84. The van der Waals surface area contributed by atoms with Crippen LogP contribution < -0.4 is 10.6 Å². The third-order valence-electron chi connectivity index (χ3n) is 4.28. The molecule has 6 heteroatoms. The van der Waals surface area contributed by atoms with E-state index in [1.165, 1.54) is 18.2 Å². The van der Waals surface area contributed by atoms with E-state index in [1.807, 2.05) is 0 Å². The van der Waals surface area contributed by atoms with Crippen LogP contribution in [0.5, 0.6) is 0 Å². The van der Waals surface area contributed by atoms with Crippen molar-refractivity contribution in [1.82, 2.24) is 10.6 Å². The minimum Gasteiger partial charge on any atom is -0.350 e. The van der Waals surface area contributed by atoms with Crippen molar-refractivity contribution in [2.75, 3.05) is 13.1 Å². The van der Waals surface area contributed by atoms with E-state index in [1.54, 1.807) is 0 Å². The molecule has 1 unspecified atom stereocenters. The Morgan fingerprint density at radius 1 is 1.36 bits per heavy atom. The van der Waals surface area contributed by atoms with E-state index in [0.717, 1.165) is 25.5 Å². The summed E-state index contributed by atoms with van der Waals surface area (Å²) in [6.45, 7) is 5.38. The lowest BCUT2D eigenvalue weighted by atomic mass is 9.77. The van der Waals surface area contributed by atoms with Gasteiger partial charge in [-0.2, -0.15) is 13.2 Å². The molecule has 1 aromatic carbocycles. The first kappa shape index (κ1) is 16.8. The summed E-state index contributed by atoms with van der Waals surface area (Å²) in [7, 11) is 0. The van der Waals surface area contributed by atoms with Gasteiger partial charge in [0.05, 0.1) is 11.1 Å². The SMILES string of the molecule is CC1(C)CCCNC1CNC(=O)c1ccccc1C(F)(F)F. The topological polar surface area (TPSA) is 41.1 Å². The highest BCUT2D eigenvalue weighted by atomic mass is 19.4. The molecule has 0 aromatic heterocycles. The Bertz CT molecular complexity index is 540. The first-order chi connectivity index (χ1) is 10.2.